The second-order valence-electron chi connectivity index (χ2n) is 8.35. The van der Waals surface area contributed by atoms with E-state index >= 15 is 0 Å². The summed E-state index contributed by atoms with van der Waals surface area (Å²) in [6.45, 7) is 2.95. The second-order valence-corrected chi connectivity index (χ2v) is 10.0. The molecule has 1 aliphatic heterocycles. The highest BCUT2D eigenvalue weighted by Crippen LogP contribution is 2.19. The van der Waals surface area contributed by atoms with Gasteiger partial charge in [-0.1, -0.05) is 36.4 Å². The van der Waals surface area contributed by atoms with Gasteiger partial charge in [0.1, 0.15) is 0 Å². The van der Waals surface area contributed by atoms with Crippen LogP contribution in [0.1, 0.15) is 39.1 Å². The van der Waals surface area contributed by atoms with Crippen LogP contribution < -0.4 is 10.0 Å². The minimum absolute atomic E-state index is 0.00716. The predicted octanol–water partition coefficient (Wildman–Crippen LogP) is 3.83. The van der Waals surface area contributed by atoms with Gasteiger partial charge in [-0.3, -0.25) is 14.3 Å². The summed E-state index contributed by atoms with van der Waals surface area (Å²) >= 11 is 0. The van der Waals surface area contributed by atoms with Crippen molar-refractivity contribution in [1.82, 2.24) is 10.2 Å². The molecule has 0 spiro atoms. The van der Waals surface area contributed by atoms with E-state index in [1.807, 2.05) is 31.2 Å². The van der Waals surface area contributed by atoms with Gasteiger partial charge in [0.25, 0.3) is 21.8 Å². The number of hydrogen-bond donors (Lipinski definition) is 2. The standard InChI is InChI=1S/C26H27N3O4S/c1-19-7-5-6-10-24(19)25(30)27-21-15-17-29(18-16-21)26(31)20-11-13-23(14-12-20)34(32,33)28-22-8-3-2-4-9-22/h2-14,21,28H,15-18H2,1H3,(H,27,30). The van der Waals surface area contributed by atoms with E-state index in [-0.39, 0.29) is 22.8 Å². The van der Waals surface area contributed by atoms with Gasteiger partial charge in [0.2, 0.25) is 0 Å². The van der Waals surface area contributed by atoms with E-state index in [1.165, 1.54) is 24.3 Å². The van der Waals surface area contributed by atoms with Crippen LogP contribution in [-0.4, -0.2) is 44.3 Å². The number of carbonyl (C=O) groups is 2. The monoisotopic (exact) mass is 477 g/mol. The molecule has 3 aromatic carbocycles. The molecule has 0 unspecified atom stereocenters. The summed E-state index contributed by atoms with van der Waals surface area (Å²) in [5.74, 6) is -0.243. The van der Waals surface area contributed by atoms with Crippen molar-refractivity contribution >= 4 is 27.5 Å². The van der Waals surface area contributed by atoms with Crippen molar-refractivity contribution in [3.63, 3.8) is 0 Å². The van der Waals surface area contributed by atoms with Crippen molar-refractivity contribution in [1.29, 1.82) is 0 Å². The number of amides is 2. The Kier molecular flexibility index (Phi) is 6.98. The Balaban J connectivity index is 1.33. The fraction of sp³-hybridized carbons (Fsp3) is 0.231. The van der Waals surface area contributed by atoms with E-state index in [0.29, 0.717) is 42.7 Å². The molecule has 0 saturated carbocycles. The van der Waals surface area contributed by atoms with Crippen LogP contribution in [0.15, 0.2) is 83.8 Å². The lowest BCUT2D eigenvalue weighted by atomic mass is 10.0. The third-order valence-electron chi connectivity index (χ3n) is 5.94. The molecule has 0 radical (unpaired) electrons. The molecule has 0 aliphatic carbocycles. The first kappa shape index (κ1) is 23.5. The van der Waals surface area contributed by atoms with Crippen LogP contribution in [0.2, 0.25) is 0 Å². The molecule has 0 atom stereocenters. The van der Waals surface area contributed by atoms with E-state index in [1.54, 1.807) is 35.2 Å². The van der Waals surface area contributed by atoms with Crippen molar-refractivity contribution in [3.05, 3.63) is 95.6 Å². The fourth-order valence-electron chi connectivity index (χ4n) is 4.00. The quantitative estimate of drug-likeness (QED) is 0.564. The Labute approximate surface area is 199 Å². The zero-order valence-corrected chi connectivity index (χ0v) is 19.7. The molecule has 3 aromatic rings. The summed E-state index contributed by atoms with van der Waals surface area (Å²) in [5, 5.41) is 3.07. The highest BCUT2D eigenvalue weighted by molar-refractivity contribution is 7.92. The van der Waals surface area contributed by atoms with E-state index in [2.05, 4.69) is 10.0 Å². The number of piperidine rings is 1. The number of sulfonamides is 1. The molecule has 176 valence electrons. The number of nitrogens with one attached hydrogen (secondary N) is 2. The van der Waals surface area contributed by atoms with Gasteiger partial charge in [-0.2, -0.15) is 0 Å². The van der Waals surface area contributed by atoms with Crippen molar-refractivity contribution in [2.24, 2.45) is 0 Å². The maximum atomic E-state index is 12.9. The minimum Gasteiger partial charge on any atom is -0.349 e. The number of aryl methyl sites for hydroxylation is 1. The Bertz CT molecular complexity index is 1270. The van der Waals surface area contributed by atoms with Gasteiger partial charge >= 0.3 is 0 Å². The van der Waals surface area contributed by atoms with E-state index in [4.69, 9.17) is 0 Å². The maximum absolute atomic E-state index is 12.9. The van der Waals surface area contributed by atoms with Gasteiger partial charge in [-0.25, -0.2) is 8.42 Å². The Morgan fingerprint density at radius 2 is 1.47 bits per heavy atom. The molecule has 1 saturated heterocycles. The van der Waals surface area contributed by atoms with Crippen molar-refractivity contribution in [3.8, 4) is 0 Å². The lowest BCUT2D eigenvalue weighted by molar-refractivity contribution is 0.0698. The molecule has 1 heterocycles. The summed E-state index contributed by atoms with van der Waals surface area (Å²) in [6.07, 6.45) is 1.33. The molecule has 0 bridgehead atoms. The molecule has 7 nitrogen and oxygen atoms in total. The predicted molar refractivity (Wildman–Crippen MR) is 131 cm³/mol. The van der Waals surface area contributed by atoms with Crippen molar-refractivity contribution in [2.45, 2.75) is 30.7 Å². The minimum atomic E-state index is -3.74. The summed E-state index contributed by atoms with van der Waals surface area (Å²) in [7, 11) is -3.74. The molecular formula is C26H27N3O4S. The zero-order chi connectivity index (χ0) is 24.1. The third-order valence-corrected chi connectivity index (χ3v) is 7.34. The van der Waals surface area contributed by atoms with Crippen LogP contribution >= 0.6 is 0 Å². The van der Waals surface area contributed by atoms with Crippen LogP contribution in [0.4, 0.5) is 5.69 Å². The van der Waals surface area contributed by atoms with Crippen LogP contribution in [0.25, 0.3) is 0 Å². The van der Waals surface area contributed by atoms with Crippen molar-refractivity contribution < 1.29 is 18.0 Å². The molecule has 8 heteroatoms. The van der Waals surface area contributed by atoms with Crippen LogP contribution in [-0.2, 0) is 10.0 Å². The van der Waals surface area contributed by atoms with E-state index in [0.717, 1.165) is 5.56 Å². The Morgan fingerprint density at radius 1 is 0.853 bits per heavy atom. The summed E-state index contributed by atoms with van der Waals surface area (Å²) in [5.41, 5.74) is 2.50. The molecular weight excluding hydrogens is 450 g/mol. The number of likely N-dealkylation sites (tertiary alicyclic amines) is 1. The number of para-hydroxylation sites is 1. The van der Waals surface area contributed by atoms with Gasteiger partial charge in [0, 0.05) is 35.9 Å². The first-order valence-corrected chi connectivity index (χ1v) is 12.7. The highest BCUT2D eigenvalue weighted by atomic mass is 32.2. The zero-order valence-electron chi connectivity index (χ0n) is 18.9. The average molecular weight is 478 g/mol. The van der Waals surface area contributed by atoms with Gasteiger partial charge in [-0.05, 0) is 67.8 Å². The lowest BCUT2D eigenvalue weighted by Crippen LogP contribution is -2.46. The van der Waals surface area contributed by atoms with Gasteiger partial charge in [0.15, 0.2) is 0 Å². The molecule has 2 N–H and O–H groups in total. The maximum Gasteiger partial charge on any atom is 0.261 e. The lowest BCUT2D eigenvalue weighted by Gasteiger charge is -2.32. The van der Waals surface area contributed by atoms with Gasteiger partial charge in [-0.15, -0.1) is 0 Å². The Hall–Kier alpha value is -3.65. The molecule has 4 rings (SSSR count). The normalized spacial score (nSPS) is 14.4. The molecule has 0 aromatic heterocycles. The highest BCUT2D eigenvalue weighted by Gasteiger charge is 2.25. The molecule has 34 heavy (non-hydrogen) atoms. The molecule has 2 amide bonds. The fourth-order valence-corrected chi connectivity index (χ4v) is 5.06. The Morgan fingerprint density at radius 3 is 2.12 bits per heavy atom. The number of anilines is 1. The average Bonchev–Trinajstić information content (AvgIpc) is 2.85. The van der Waals surface area contributed by atoms with Crippen LogP contribution in [0.5, 0.6) is 0 Å². The first-order chi connectivity index (χ1) is 16.3. The SMILES string of the molecule is Cc1ccccc1C(=O)NC1CCN(C(=O)c2ccc(S(=O)(=O)Nc3ccccc3)cc2)CC1. The van der Waals surface area contributed by atoms with Gasteiger partial charge < -0.3 is 10.2 Å². The van der Waals surface area contributed by atoms with Gasteiger partial charge in [0.05, 0.1) is 4.90 Å². The number of carbonyl (C=O) groups excluding carboxylic acids is 2. The number of hydrogen-bond acceptors (Lipinski definition) is 4. The van der Waals surface area contributed by atoms with Crippen LogP contribution in [0, 0.1) is 6.92 Å². The van der Waals surface area contributed by atoms with Crippen molar-refractivity contribution in [2.75, 3.05) is 17.8 Å². The number of rotatable bonds is 6. The summed E-state index contributed by atoms with van der Waals surface area (Å²) in [6, 6.07) is 22.1. The number of benzene rings is 3. The van der Waals surface area contributed by atoms with E-state index < -0.39 is 10.0 Å². The van der Waals surface area contributed by atoms with E-state index in [9.17, 15) is 18.0 Å². The van der Waals surface area contributed by atoms with Crippen LogP contribution in [0.3, 0.4) is 0 Å². The number of nitrogens with zero attached hydrogens (tertiary/aromatic N) is 1. The topological polar surface area (TPSA) is 95.6 Å². The second kappa shape index (κ2) is 10.1. The smallest absolute Gasteiger partial charge is 0.261 e. The largest absolute Gasteiger partial charge is 0.349 e. The molecule has 1 aliphatic rings. The third kappa shape index (κ3) is 5.46. The molecule has 1 fully saturated rings. The summed E-state index contributed by atoms with van der Waals surface area (Å²) in [4.78, 5) is 27.3. The summed E-state index contributed by atoms with van der Waals surface area (Å²) < 4.78 is 27.7. The first-order valence-electron chi connectivity index (χ1n) is 11.2.